The van der Waals surface area contributed by atoms with Crippen LogP contribution >= 0.6 is 0 Å². The van der Waals surface area contributed by atoms with Crippen LogP contribution in [-0.2, 0) is 20.9 Å². The monoisotopic (exact) mass is 542 g/mol. The van der Waals surface area contributed by atoms with E-state index in [0.29, 0.717) is 67.8 Å². The topological polar surface area (TPSA) is 137 Å². The fourth-order valence-electron chi connectivity index (χ4n) is 4.78. The number of fused-ring (bicyclic) bond motifs is 3. The number of ether oxygens (including phenoxy) is 3. The molecule has 12 heteroatoms. The maximum atomic E-state index is 13.3. The van der Waals surface area contributed by atoms with Crippen molar-refractivity contribution in [3.8, 4) is 11.5 Å². The second kappa shape index (κ2) is 12.9. The van der Waals surface area contributed by atoms with Crippen LogP contribution in [0.3, 0.4) is 0 Å². The summed E-state index contributed by atoms with van der Waals surface area (Å²) in [5.41, 5.74) is 0.427. The molecule has 2 aliphatic rings. The van der Waals surface area contributed by atoms with Gasteiger partial charge < -0.3 is 29.7 Å². The van der Waals surface area contributed by atoms with E-state index < -0.39 is 12.1 Å². The molecule has 3 amide bonds. The van der Waals surface area contributed by atoms with Gasteiger partial charge in [-0.3, -0.25) is 14.4 Å². The van der Waals surface area contributed by atoms with Gasteiger partial charge in [0.2, 0.25) is 5.91 Å². The fraction of sp³-hybridized carbons (Fsp3) is 0.593. The van der Waals surface area contributed by atoms with Gasteiger partial charge in [-0.15, -0.1) is 0 Å². The molecular formula is C27H38N6O6. The zero-order valence-electron chi connectivity index (χ0n) is 23.1. The SMILES string of the molecule is COc1ccc2cc1OCCn1nc(C)nc1[C@H](C(C)C)NC(=O)CN(C(=O)[C@H]1CCCO1)CCCNC2=O. The third-order valence-electron chi connectivity index (χ3n) is 6.80. The van der Waals surface area contributed by atoms with Gasteiger partial charge in [0, 0.05) is 25.3 Å². The average Bonchev–Trinajstić information content (AvgIpc) is 3.58. The molecule has 2 bridgehead atoms. The number of carbonyl (C=O) groups excluding carboxylic acids is 3. The van der Waals surface area contributed by atoms with Crippen LogP contribution in [0.25, 0.3) is 0 Å². The molecule has 2 aromatic rings. The number of hydrogen-bond acceptors (Lipinski definition) is 8. The van der Waals surface area contributed by atoms with Crippen LogP contribution < -0.4 is 20.1 Å². The Morgan fingerprint density at radius 1 is 1.18 bits per heavy atom. The molecule has 2 N–H and O–H groups in total. The van der Waals surface area contributed by atoms with Crippen LogP contribution in [0.4, 0.5) is 0 Å². The third-order valence-corrected chi connectivity index (χ3v) is 6.80. The molecule has 1 aromatic heterocycles. The maximum Gasteiger partial charge on any atom is 0.252 e. The standard InChI is InChI=1S/C27H38N6O6/c1-17(2)24-25-29-18(3)31-33(25)12-14-39-22-15-19(8-9-20(22)37-4)26(35)28-10-6-11-32(16-23(34)30-24)27(36)21-7-5-13-38-21/h8-9,15,17,21,24H,5-7,10-14,16H2,1-4H3,(H,28,35)(H,30,34)/t21-,24+/m1/s1. The van der Waals surface area contributed by atoms with Crippen molar-refractivity contribution in [2.75, 3.05) is 40.0 Å². The molecule has 0 unspecified atom stereocenters. The molecule has 0 aliphatic carbocycles. The van der Waals surface area contributed by atoms with Crippen molar-refractivity contribution in [3.05, 3.63) is 35.4 Å². The third kappa shape index (κ3) is 7.05. The minimum atomic E-state index is -0.547. The van der Waals surface area contributed by atoms with E-state index in [0.717, 1.165) is 6.42 Å². The Morgan fingerprint density at radius 3 is 2.72 bits per heavy atom. The van der Waals surface area contributed by atoms with Crippen molar-refractivity contribution in [3.63, 3.8) is 0 Å². The minimum Gasteiger partial charge on any atom is -0.493 e. The second-order valence-corrected chi connectivity index (χ2v) is 10.1. The molecule has 4 rings (SSSR count). The summed E-state index contributed by atoms with van der Waals surface area (Å²) in [4.78, 5) is 45.4. The zero-order chi connectivity index (χ0) is 27.9. The number of carbonyl (C=O) groups is 3. The number of nitrogens with one attached hydrogen (secondary N) is 2. The Kier molecular flexibility index (Phi) is 9.39. The van der Waals surface area contributed by atoms with Gasteiger partial charge in [0.05, 0.1) is 26.2 Å². The molecule has 0 saturated carbocycles. The molecule has 0 radical (unpaired) electrons. The molecule has 0 spiro atoms. The van der Waals surface area contributed by atoms with E-state index in [1.165, 1.54) is 4.90 Å². The second-order valence-electron chi connectivity index (χ2n) is 10.1. The summed E-state index contributed by atoms with van der Waals surface area (Å²) in [6.07, 6.45) is 1.37. The lowest BCUT2D eigenvalue weighted by molar-refractivity contribution is -0.144. The number of aromatic nitrogens is 3. The maximum absolute atomic E-state index is 13.3. The molecule has 3 heterocycles. The Bertz CT molecular complexity index is 1180. The fourth-order valence-corrected chi connectivity index (χ4v) is 4.78. The van der Waals surface area contributed by atoms with E-state index in [-0.39, 0.29) is 36.8 Å². The largest absolute Gasteiger partial charge is 0.493 e. The first kappa shape index (κ1) is 28.3. The van der Waals surface area contributed by atoms with Crippen molar-refractivity contribution in [1.29, 1.82) is 0 Å². The number of amides is 3. The highest BCUT2D eigenvalue weighted by Crippen LogP contribution is 2.28. The number of rotatable bonds is 3. The summed E-state index contributed by atoms with van der Waals surface area (Å²) < 4.78 is 18.7. The summed E-state index contributed by atoms with van der Waals surface area (Å²) in [5.74, 6) is 1.36. The molecule has 2 atom stereocenters. The number of nitrogens with zero attached hydrogens (tertiary/aromatic N) is 4. The first-order chi connectivity index (χ1) is 18.8. The molecular weight excluding hydrogens is 504 g/mol. The highest BCUT2D eigenvalue weighted by atomic mass is 16.5. The van der Waals surface area contributed by atoms with Crippen LogP contribution in [0.15, 0.2) is 18.2 Å². The van der Waals surface area contributed by atoms with Crippen molar-refractivity contribution in [1.82, 2.24) is 30.3 Å². The van der Waals surface area contributed by atoms with Gasteiger partial charge in [-0.1, -0.05) is 13.8 Å². The minimum absolute atomic E-state index is 0.0112. The first-order valence-electron chi connectivity index (χ1n) is 13.5. The number of methoxy groups -OCH3 is 1. The number of hydrogen-bond donors (Lipinski definition) is 2. The van der Waals surface area contributed by atoms with E-state index in [4.69, 9.17) is 14.2 Å². The van der Waals surface area contributed by atoms with Crippen molar-refractivity contribution >= 4 is 17.7 Å². The van der Waals surface area contributed by atoms with Crippen molar-refractivity contribution in [2.24, 2.45) is 5.92 Å². The summed E-state index contributed by atoms with van der Waals surface area (Å²) in [5, 5.41) is 10.5. The molecule has 2 aliphatic heterocycles. The van der Waals surface area contributed by atoms with Gasteiger partial charge >= 0.3 is 0 Å². The average molecular weight is 543 g/mol. The van der Waals surface area contributed by atoms with Gasteiger partial charge in [0.15, 0.2) is 11.5 Å². The molecule has 212 valence electrons. The van der Waals surface area contributed by atoms with E-state index >= 15 is 0 Å². The van der Waals surface area contributed by atoms with Gasteiger partial charge in [-0.2, -0.15) is 5.10 Å². The van der Waals surface area contributed by atoms with E-state index in [9.17, 15) is 14.4 Å². The Labute approximate surface area is 228 Å². The lowest BCUT2D eigenvalue weighted by Gasteiger charge is -2.27. The normalized spacial score (nSPS) is 21.3. The lowest BCUT2D eigenvalue weighted by atomic mass is 10.0. The van der Waals surface area contributed by atoms with Crippen molar-refractivity contribution < 1.29 is 28.6 Å². The van der Waals surface area contributed by atoms with Gasteiger partial charge in [0.1, 0.15) is 24.4 Å². The first-order valence-corrected chi connectivity index (χ1v) is 13.5. The molecule has 1 fully saturated rings. The van der Waals surface area contributed by atoms with E-state index in [1.807, 2.05) is 13.8 Å². The van der Waals surface area contributed by atoms with E-state index in [2.05, 4.69) is 20.7 Å². The highest BCUT2D eigenvalue weighted by Gasteiger charge is 2.31. The van der Waals surface area contributed by atoms with Crippen LogP contribution in [0.1, 0.15) is 61.2 Å². The van der Waals surface area contributed by atoms with Gasteiger partial charge in [0.25, 0.3) is 11.8 Å². The van der Waals surface area contributed by atoms with Crippen molar-refractivity contribution in [2.45, 2.75) is 58.7 Å². The zero-order valence-corrected chi connectivity index (χ0v) is 23.1. The van der Waals surface area contributed by atoms with Crippen LogP contribution in [0.2, 0.25) is 0 Å². The molecule has 39 heavy (non-hydrogen) atoms. The highest BCUT2D eigenvalue weighted by molar-refractivity contribution is 5.94. The summed E-state index contributed by atoms with van der Waals surface area (Å²) >= 11 is 0. The van der Waals surface area contributed by atoms with Crippen LogP contribution in [0.5, 0.6) is 11.5 Å². The summed E-state index contributed by atoms with van der Waals surface area (Å²) in [7, 11) is 1.54. The smallest absolute Gasteiger partial charge is 0.252 e. The van der Waals surface area contributed by atoms with Crippen LogP contribution in [-0.4, -0.2) is 83.4 Å². The van der Waals surface area contributed by atoms with Crippen LogP contribution in [0, 0.1) is 12.8 Å². The summed E-state index contributed by atoms with van der Waals surface area (Å²) in [6, 6.07) is 4.59. The van der Waals surface area contributed by atoms with Gasteiger partial charge in [-0.25, -0.2) is 9.67 Å². The van der Waals surface area contributed by atoms with E-state index in [1.54, 1.807) is 36.9 Å². The quantitative estimate of drug-likeness (QED) is 0.597. The predicted molar refractivity (Wildman–Crippen MR) is 141 cm³/mol. The van der Waals surface area contributed by atoms with Gasteiger partial charge in [-0.05, 0) is 50.3 Å². The summed E-state index contributed by atoms with van der Waals surface area (Å²) in [6.45, 7) is 7.42. The predicted octanol–water partition coefficient (Wildman–Crippen LogP) is 1.63. The number of benzene rings is 1. The Balaban J connectivity index is 1.63. The Hall–Kier alpha value is -3.67. The Morgan fingerprint density at radius 2 is 2.00 bits per heavy atom. The lowest BCUT2D eigenvalue weighted by Crippen LogP contribution is -2.47. The molecule has 12 nitrogen and oxygen atoms in total. The molecule has 1 aromatic carbocycles. The number of aryl methyl sites for hydroxylation is 1. The molecule has 1 saturated heterocycles.